The van der Waals surface area contributed by atoms with Crippen LogP contribution in [-0.2, 0) is 11.8 Å². The largest absolute Gasteiger partial charge is 0.0622 e. The van der Waals surface area contributed by atoms with Crippen molar-refractivity contribution in [2.24, 2.45) is 11.8 Å². The SMILES string of the molecule is Cc1ccc2c(c1)C1(C)CCC[C@H](C)C1CC2. The van der Waals surface area contributed by atoms with Crippen LogP contribution in [0.3, 0.4) is 0 Å². The molecule has 0 nitrogen and oxygen atoms in total. The third-order valence-electron chi connectivity index (χ3n) is 5.47. The maximum atomic E-state index is 2.53. The van der Waals surface area contributed by atoms with Crippen LogP contribution in [0.25, 0.3) is 0 Å². The first-order valence-electron chi connectivity index (χ1n) is 7.21. The van der Waals surface area contributed by atoms with Crippen molar-refractivity contribution in [1.29, 1.82) is 0 Å². The molecule has 1 fully saturated rings. The highest BCUT2D eigenvalue weighted by Crippen LogP contribution is 2.52. The van der Waals surface area contributed by atoms with Crippen molar-refractivity contribution in [3.8, 4) is 0 Å². The van der Waals surface area contributed by atoms with Gasteiger partial charge in [-0.1, -0.05) is 50.5 Å². The number of aryl methyl sites for hydroxylation is 2. The van der Waals surface area contributed by atoms with Gasteiger partial charge in [0.15, 0.2) is 0 Å². The van der Waals surface area contributed by atoms with Crippen molar-refractivity contribution < 1.29 is 0 Å². The summed E-state index contributed by atoms with van der Waals surface area (Å²) in [4.78, 5) is 0. The Hall–Kier alpha value is -0.780. The van der Waals surface area contributed by atoms with Crippen LogP contribution >= 0.6 is 0 Å². The van der Waals surface area contributed by atoms with Crippen LogP contribution in [-0.4, -0.2) is 0 Å². The molecule has 17 heavy (non-hydrogen) atoms. The van der Waals surface area contributed by atoms with Gasteiger partial charge < -0.3 is 0 Å². The second-order valence-corrected chi connectivity index (χ2v) is 6.59. The van der Waals surface area contributed by atoms with E-state index in [4.69, 9.17) is 0 Å². The van der Waals surface area contributed by atoms with Gasteiger partial charge in [0.05, 0.1) is 0 Å². The summed E-state index contributed by atoms with van der Waals surface area (Å²) in [6, 6.07) is 7.14. The minimum absolute atomic E-state index is 0.470. The van der Waals surface area contributed by atoms with Crippen LogP contribution in [0.5, 0.6) is 0 Å². The van der Waals surface area contributed by atoms with Crippen molar-refractivity contribution >= 4 is 0 Å². The molecule has 2 unspecified atom stereocenters. The van der Waals surface area contributed by atoms with E-state index in [1.165, 1.54) is 37.7 Å². The van der Waals surface area contributed by atoms with Crippen LogP contribution in [0.15, 0.2) is 18.2 Å². The molecule has 0 spiro atoms. The fraction of sp³-hybridized carbons (Fsp3) is 0.647. The summed E-state index contributed by atoms with van der Waals surface area (Å²) >= 11 is 0. The van der Waals surface area contributed by atoms with Crippen molar-refractivity contribution in [3.63, 3.8) is 0 Å². The van der Waals surface area contributed by atoms with Gasteiger partial charge in [-0.2, -0.15) is 0 Å². The summed E-state index contributed by atoms with van der Waals surface area (Å²) < 4.78 is 0. The lowest BCUT2D eigenvalue weighted by Gasteiger charge is -2.49. The summed E-state index contributed by atoms with van der Waals surface area (Å²) in [7, 11) is 0. The lowest BCUT2D eigenvalue weighted by atomic mass is 9.55. The Morgan fingerprint density at radius 2 is 2.06 bits per heavy atom. The molecule has 0 heteroatoms. The number of hydrogen-bond donors (Lipinski definition) is 0. The van der Waals surface area contributed by atoms with Crippen molar-refractivity contribution in [2.75, 3.05) is 0 Å². The van der Waals surface area contributed by atoms with E-state index in [2.05, 4.69) is 39.0 Å². The molecule has 0 aliphatic heterocycles. The van der Waals surface area contributed by atoms with Gasteiger partial charge in [0, 0.05) is 0 Å². The molecule has 2 aliphatic carbocycles. The Bertz CT molecular complexity index is 432. The highest BCUT2D eigenvalue weighted by molar-refractivity contribution is 5.40. The number of benzene rings is 1. The van der Waals surface area contributed by atoms with Crippen LogP contribution in [0.4, 0.5) is 0 Å². The van der Waals surface area contributed by atoms with E-state index in [0.717, 1.165) is 11.8 Å². The standard InChI is InChI=1S/C17H24/c1-12-6-7-14-8-9-15-13(2)5-4-10-17(15,3)16(14)11-12/h6-7,11,13,15H,4-5,8-10H2,1-3H3/t13-,15?,17?/m0/s1. The Kier molecular flexibility index (Phi) is 2.57. The summed E-state index contributed by atoms with van der Waals surface area (Å²) in [6.45, 7) is 7.24. The number of fused-ring (bicyclic) bond motifs is 3. The summed E-state index contributed by atoms with van der Waals surface area (Å²) in [5, 5.41) is 0. The monoisotopic (exact) mass is 228 g/mol. The highest BCUT2D eigenvalue weighted by Gasteiger charge is 2.44. The van der Waals surface area contributed by atoms with Gasteiger partial charge in [0.2, 0.25) is 0 Å². The minimum Gasteiger partial charge on any atom is -0.0622 e. The molecule has 3 atom stereocenters. The Labute approximate surface area is 105 Å². The first kappa shape index (κ1) is 11.3. The molecule has 0 aromatic heterocycles. The minimum atomic E-state index is 0.470. The van der Waals surface area contributed by atoms with Gasteiger partial charge in [-0.25, -0.2) is 0 Å². The Balaban J connectivity index is 2.11. The quantitative estimate of drug-likeness (QED) is 0.607. The zero-order valence-electron chi connectivity index (χ0n) is 11.4. The van der Waals surface area contributed by atoms with Gasteiger partial charge in [0.25, 0.3) is 0 Å². The normalized spacial score (nSPS) is 36.2. The Morgan fingerprint density at radius 1 is 1.24 bits per heavy atom. The van der Waals surface area contributed by atoms with Crippen molar-refractivity contribution in [3.05, 3.63) is 34.9 Å². The third kappa shape index (κ3) is 1.64. The molecule has 92 valence electrons. The molecule has 1 aromatic rings. The topological polar surface area (TPSA) is 0 Å². The maximum absolute atomic E-state index is 2.53. The second-order valence-electron chi connectivity index (χ2n) is 6.59. The number of rotatable bonds is 0. The predicted octanol–water partition coefficient (Wildman–Crippen LogP) is 4.64. The van der Waals surface area contributed by atoms with Gasteiger partial charge in [-0.3, -0.25) is 0 Å². The van der Waals surface area contributed by atoms with E-state index in [-0.39, 0.29) is 0 Å². The fourth-order valence-electron chi connectivity index (χ4n) is 4.49. The molecule has 0 N–H and O–H groups in total. The van der Waals surface area contributed by atoms with Crippen molar-refractivity contribution in [2.45, 2.75) is 58.3 Å². The average Bonchev–Trinajstić information content (AvgIpc) is 2.29. The summed E-state index contributed by atoms with van der Waals surface area (Å²) in [5.74, 6) is 1.84. The van der Waals surface area contributed by atoms with Crippen LogP contribution < -0.4 is 0 Å². The molecular weight excluding hydrogens is 204 g/mol. The first-order valence-corrected chi connectivity index (χ1v) is 7.21. The molecule has 0 saturated heterocycles. The number of hydrogen-bond acceptors (Lipinski definition) is 0. The molecule has 0 heterocycles. The fourth-order valence-corrected chi connectivity index (χ4v) is 4.49. The lowest BCUT2D eigenvalue weighted by Crippen LogP contribution is -2.43. The Morgan fingerprint density at radius 3 is 2.88 bits per heavy atom. The van der Waals surface area contributed by atoms with E-state index in [9.17, 15) is 0 Å². The molecule has 3 rings (SSSR count). The van der Waals surface area contributed by atoms with Crippen LogP contribution in [0.1, 0.15) is 56.2 Å². The summed E-state index contributed by atoms with van der Waals surface area (Å²) in [6.07, 6.45) is 6.98. The summed E-state index contributed by atoms with van der Waals surface area (Å²) in [5.41, 5.74) is 5.21. The van der Waals surface area contributed by atoms with E-state index >= 15 is 0 Å². The van der Waals surface area contributed by atoms with Crippen LogP contribution in [0.2, 0.25) is 0 Å². The van der Waals surface area contributed by atoms with E-state index < -0.39 is 0 Å². The molecule has 0 radical (unpaired) electrons. The molecule has 2 aliphatic rings. The molecule has 0 bridgehead atoms. The molecule has 0 amide bonds. The average molecular weight is 228 g/mol. The molecule has 1 saturated carbocycles. The van der Waals surface area contributed by atoms with Gasteiger partial charge in [-0.15, -0.1) is 0 Å². The smallest absolute Gasteiger partial charge is 0.00416 e. The maximum Gasteiger partial charge on any atom is -0.00416 e. The third-order valence-corrected chi connectivity index (χ3v) is 5.47. The highest BCUT2D eigenvalue weighted by atomic mass is 14.5. The first-order chi connectivity index (χ1) is 8.11. The van der Waals surface area contributed by atoms with Gasteiger partial charge in [0.1, 0.15) is 0 Å². The second kappa shape index (κ2) is 3.86. The van der Waals surface area contributed by atoms with E-state index in [1.54, 1.807) is 11.1 Å². The predicted molar refractivity (Wildman–Crippen MR) is 73.4 cm³/mol. The van der Waals surface area contributed by atoms with Gasteiger partial charge >= 0.3 is 0 Å². The molecular formula is C17H24. The van der Waals surface area contributed by atoms with Crippen LogP contribution in [0, 0.1) is 18.8 Å². The lowest BCUT2D eigenvalue weighted by molar-refractivity contribution is 0.118. The van der Waals surface area contributed by atoms with Crippen molar-refractivity contribution in [1.82, 2.24) is 0 Å². The zero-order chi connectivity index (χ0) is 12.0. The van der Waals surface area contributed by atoms with E-state index in [0.29, 0.717) is 5.41 Å². The van der Waals surface area contributed by atoms with Gasteiger partial charge in [-0.05, 0) is 54.6 Å². The van der Waals surface area contributed by atoms with E-state index in [1.807, 2.05) is 0 Å². The zero-order valence-corrected chi connectivity index (χ0v) is 11.4. The molecule has 1 aromatic carbocycles.